The van der Waals surface area contributed by atoms with E-state index in [1.54, 1.807) is 124 Å². The van der Waals surface area contributed by atoms with E-state index in [0.717, 1.165) is 5.56 Å². The minimum Gasteiger partial charge on any atom is -0.460 e. The average Bonchev–Trinajstić information content (AvgIpc) is 4.00. The van der Waals surface area contributed by atoms with Crippen molar-refractivity contribution in [2.24, 2.45) is 0 Å². The van der Waals surface area contributed by atoms with Crippen LogP contribution in [0.3, 0.4) is 0 Å². The number of esters is 2. The third-order valence-electron chi connectivity index (χ3n) is 11.3. The van der Waals surface area contributed by atoms with Crippen LogP contribution in [0.2, 0.25) is 0 Å². The SMILES string of the molecule is C[C@@H](OC(C)(C)C)[C@H](NC(=O)[C@H](CCC(=O)OC(C)(C)C)NC(=O)[C@@H]1CCCN1C(=O)CNC(=O)[C@H](Cc1ccccc1)NC(=O)CNC(=O)OCc1ccccc1)C(=O)N1CCC[C@H]1C(=O)OC(C)(C)C. The van der Waals surface area contributed by atoms with Gasteiger partial charge in [-0.2, -0.15) is 0 Å². The molecule has 0 aromatic heterocycles. The molecular weight excluding hydrogens is 931 g/mol. The van der Waals surface area contributed by atoms with Crippen LogP contribution in [-0.2, 0) is 70.3 Å². The van der Waals surface area contributed by atoms with Crippen LogP contribution in [0.4, 0.5) is 4.79 Å². The summed E-state index contributed by atoms with van der Waals surface area (Å²) in [5, 5.41) is 13.0. The van der Waals surface area contributed by atoms with Gasteiger partial charge >= 0.3 is 18.0 Å². The van der Waals surface area contributed by atoms with Crippen LogP contribution in [0.5, 0.6) is 0 Å². The number of nitrogens with one attached hydrogen (secondary N) is 5. The first-order chi connectivity index (χ1) is 33.7. The van der Waals surface area contributed by atoms with Crippen molar-refractivity contribution in [2.75, 3.05) is 26.2 Å². The van der Waals surface area contributed by atoms with E-state index in [9.17, 15) is 43.2 Å². The fourth-order valence-corrected chi connectivity index (χ4v) is 8.23. The summed E-state index contributed by atoms with van der Waals surface area (Å²) in [5.74, 6) is -5.37. The molecule has 6 atom stereocenters. The van der Waals surface area contributed by atoms with E-state index >= 15 is 0 Å². The highest BCUT2D eigenvalue weighted by Crippen LogP contribution is 2.25. The zero-order valence-corrected chi connectivity index (χ0v) is 43.4. The Morgan fingerprint density at radius 3 is 1.82 bits per heavy atom. The van der Waals surface area contributed by atoms with Crippen LogP contribution in [0.25, 0.3) is 0 Å². The van der Waals surface area contributed by atoms with Crippen molar-refractivity contribution in [1.29, 1.82) is 0 Å². The number of rotatable bonds is 21. The molecule has 396 valence electrons. The molecule has 2 fully saturated rings. The van der Waals surface area contributed by atoms with Crippen LogP contribution in [0.15, 0.2) is 60.7 Å². The highest BCUT2D eigenvalue weighted by Gasteiger charge is 2.44. The van der Waals surface area contributed by atoms with Crippen molar-refractivity contribution in [3.8, 4) is 0 Å². The fraction of sp³-hybridized carbons (Fsp3) is 0.596. The van der Waals surface area contributed by atoms with Crippen molar-refractivity contribution in [2.45, 2.75) is 174 Å². The molecule has 2 aromatic carbocycles. The van der Waals surface area contributed by atoms with E-state index in [0.29, 0.717) is 24.8 Å². The van der Waals surface area contributed by atoms with Crippen molar-refractivity contribution in [1.82, 2.24) is 36.4 Å². The lowest BCUT2D eigenvalue weighted by molar-refractivity contribution is -0.165. The molecule has 20 heteroatoms. The molecule has 0 bridgehead atoms. The summed E-state index contributed by atoms with van der Waals surface area (Å²) >= 11 is 0. The molecule has 0 saturated carbocycles. The summed E-state index contributed by atoms with van der Waals surface area (Å²) in [6, 6.07) is 11.9. The highest BCUT2D eigenvalue weighted by atomic mass is 16.6. The van der Waals surface area contributed by atoms with Crippen LogP contribution in [-0.4, -0.2) is 143 Å². The standard InChI is InChI=1S/C52H75N7O13/c1-33(70-50(2,3)4)43(47(66)59-28-18-24-39(59)48(67)72-52(8,9)10)57-45(64)36(25-26-42(62)71-51(5,6)7)56-46(65)38-23-17-27-58(38)41(61)31-53-44(63)37(29-34-19-13-11-14-20-34)55-40(60)30-54-49(68)69-32-35-21-15-12-16-22-35/h11-16,19-22,33,36-39,43H,17-18,23-32H2,1-10H3,(H,53,63)(H,54,68)(H,55,60)(H,56,65)(H,57,64)/t33-,36+,37+,38+,39+,43+/m1/s1. The average molecular weight is 1010 g/mol. The molecule has 5 N–H and O–H groups in total. The van der Waals surface area contributed by atoms with Gasteiger partial charge in [0.05, 0.1) is 18.2 Å². The Hall–Kier alpha value is -6.57. The molecule has 72 heavy (non-hydrogen) atoms. The van der Waals surface area contributed by atoms with Gasteiger partial charge in [-0.1, -0.05) is 60.7 Å². The molecule has 2 aliphatic rings. The van der Waals surface area contributed by atoms with E-state index in [1.165, 1.54) is 9.80 Å². The molecule has 2 aromatic rings. The molecule has 0 spiro atoms. The third kappa shape index (κ3) is 19.6. The first-order valence-corrected chi connectivity index (χ1v) is 24.6. The Morgan fingerprint density at radius 2 is 1.22 bits per heavy atom. The minimum absolute atomic E-state index is 0.0142. The topological polar surface area (TPSA) is 257 Å². The van der Waals surface area contributed by atoms with Crippen molar-refractivity contribution in [3.05, 3.63) is 71.8 Å². The van der Waals surface area contributed by atoms with Crippen LogP contribution >= 0.6 is 0 Å². The third-order valence-corrected chi connectivity index (χ3v) is 11.3. The minimum atomic E-state index is -1.41. The number of alkyl carbamates (subject to hydrolysis) is 1. The van der Waals surface area contributed by atoms with Crippen molar-refractivity contribution >= 4 is 53.5 Å². The zero-order chi connectivity index (χ0) is 53.4. The molecule has 0 aliphatic carbocycles. The summed E-state index contributed by atoms with van der Waals surface area (Å²) in [4.78, 5) is 125. The summed E-state index contributed by atoms with van der Waals surface area (Å²) < 4.78 is 22.5. The van der Waals surface area contributed by atoms with Crippen LogP contribution in [0, 0.1) is 0 Å². The summed E-state index contributed by atoms with van der Waals surface area (Å²) in [6.45, 7) is 16.5. The number of amides is 7. The normalized spacial score (nSPS) is 17.6. The number of likely N-dealkylation sites (tertiary alicyclic amines) is 2. The van der Waals surface area contributed by atoms with Gasteiger partial charge in [0.2, 0.25) is 35.4 Å². The van der Waals surface area contributed by atoms with E-state index in [1.807, 2.05) is 6.07 Å². The van der Waals surface area contributed by atoms with Crippen molar-refractivity contribution < 1.29 is 62.1 Å². The molecular formula is C52H75N7O13. The van der Waals surface area contributed by atoms with Gasteiger partial charge in [0.1, 0.15) is 54.6 Å². The Bertz CT molecular complexity index is 2210. The first kappa shape index (κ1) is 58.0. The van der Waals surface area contributed by atoms with Gasteiger partial charge in [0.15, 0.2) is 0 Å². The van der Waals surface area contributed by atoms with Gasteiger partial charge in [0, 0.05) is 25.9 Å². The smallest absolute Gasteiger partial charge is 0.407 e. The van der Waals surface area contributed by atoms with Gasteiger partial charge < -0.3 is 55.3 Å². The fourth-order valence-electron chi connectivity index (χ4n) is 8.23. The van der Waals surface area contributed by atoms with Gasteiger partial charge in [-0.25, -0.2) is 9.59 Å². The molecule has 7 amide bonds. The van der Waals surface area contributed by atoms with Gasteiger partial charge in [-0.05, 0) is 112 Å². The number of ether oxygens (including phenoxy) is 4. The van der Waals surface area contributed by atoms with E-state index in [4.69, 9.17) is 18.9 Å². The first-order valence-electron chi connectivity index (χ1n) is 24.6. The Balaban J connectivity index is 1.47. The second-order valence-electron chi connectivity index (χ2n) is 21.0. The summed E-state index contributed by atoms with van der Waals surface area (Å²) in [7, 11) is 0. The zero-order valence-electron chi connectivity index (χ0n) is 43.4. The largest absolute Gasteiger partial charge is 0.460 e. The summed E-state index contributed by atoms with van der Waals surface area (Å²) in [6.07, 6.45) is -0.804. The molecule has 20 nitrogen and oxygen atoms in total. The molecule has 2 aliphatic heterocycles. The number of carbonyl (C=O) groups excluding carboxylic acids is 9. The van der Waals surface area contributed by atoms with Gasteiger partial charge in [-0.15, -0.1) is 0 Å². The maximum absolute atomic E-state index is 14.4. The molecule has 2 heterocycles. The Kier molecular flexibility index (Phi) is 21.1. The Morgan fingerprint density at radius 1 is 0.639 bits per heavy atom. The lowest BCUT2D eigenvalue weighted by Crippen LogP contribution is -2.61. The number of benzene rings is 2. The van der Waals surface area contributed by atoms with Crippen molar-refractivity contribution in [3.63, 3.8) is 0 Å². The van der Waals surface area contributed by atoms with E-state index in [-0.39, 0.29) is 45.4 Å². The molecule has 4 rings (SSSR count). The monoisotopic (exact) mass is 1010 g/mol. The molecule has 0 unspecified atom stereocenters. The number of carbonyl (C=O) groups is 9. The maximum atomic E-state index is 14.4. The highest BCUT2D eigenvalue weighted by molar-refractivity contribution is 5.97. The lowest BCUT2D eigenvalue weighted by atomic mass is 10.0. The summed E-state index contributed by atoms with van der Waals surface area (Å²) in [5.41, 5.74) is -0.979. The van der Waals surface area contributed by atoms with E-state index < -0.39 is 120 Å². The lowest BCUT2D eigenvalue weighted by Gasteiger charge is -2.35. The second kappa shape index (κ2) is 26.2. The second-order valence-corrected chi connectivity index (χ2v) is 21.0. The number of hydrogen-bond acceptors (Lipinski definition) is 13. The number of nitrogens with zero attached hydrogens (tertiary/aromatic N) is 2. The Labute approximate surface area is 422 Å². The predicted octanol–water partition coefficient (Wildman–Crippen LogP) is 3.38. The molecule has 0 radical (unpaired) electrons. The predicted molar refractivity (Wildman–Crippen MR) is 264 cm³/mol. The van der Waals surface area contributed by atoms with Crippen LogP contribution < -0.4 is 26.6 Å². The quantitative estimate of drug-likeness (QED) is 0.0890. The van der Waals surface area contributed by atoms with Gasteiger partial charge in [-0.3, -0.25) is 33.6 Å². The molecule has 2 saturated heterocycles. The number of hydrogen-bond donors (Lipinski definition) is 5. The van der Waals surface area contributed by atoms with Gasteiger partial charge in [0.25, 0.3) is 0 Å². The maximum Gasteiger partial charge on any atom is 0.407 e. The van der Waals surface area contributed by atoms with Crippen LogP contribution in [0.1, 0.15) is 119 Å². The van der Waals surface area contributed by atoms with E-state index in [2.05, 4.69) is 26.6 Å².